The van der Waals surface area contributed by atoms with Crippen LogP contribution in [0, 0.1) is 11.3 Å². The second kappa shape index (κ2) is 7.81. The van der Waals surface area contributed by atoms with Crippen molar-refractivity contribution in [3.63, 3.8) is 0 Å². The van der Waals surface area contributed by atoms with E-state index >= 15 is 0 Å². The molecule has 0 saturated carbocycles. The fraction of sp³-hybridized carbons (Fsp3) is 0.0588. The minimum absolute atomic E-state index is 0.485. The van der Waals surface area contributed by atoms with Crippen molar-refractivity contribution in [1.82, 2.24) is 16.2 Å². The summed E-state index contributed by atoms with van der Waals surface area (Å²) in [4.78, 5) is 0. The molecule has 5 heteroatoms. The third-order valence-corrected chi connectivity index (χ3v) is 3.23. The lowest BCUT2D eigenvalue weighted by molar-refractivity contribution is 0.789. The summed E-state index contributed by atoms with van der Waals surface area (Å²) in [6.45, 7) is 4.58. The summed E-state index contributed by atoms with van der Waals surface area (Å²) in [7, 11) is 0. The van der Waals surface area contributed by atoms with Crippen molar-refractivity contribution < 1.29 is 0 Å². The quantitative estimate of drug-likeness (QED) is 0.586. The molecule has 0 unspecified atom stereocenters. The monoisotopic (exact) mass is 308 g/mol. The van der Waals surface area contributed by atoms with E-state index in [9.17, 15) is 0 Å². The third-order valence-electron chi connectivity index (χ3n) is 2.99. The first-order chi connectivity index (χ1) is 10.7. The molecule has 0 spiro atoms. The van der Waals surface area contributed by atoms with Gasteiger partial charge in [0.25, 0.3) is 0 Å². The van der Waals surface area contributed by atoms with Gasteiger partial charge in [-0.05, 0) is 35.5 Å². The Labute approximate surface area is 135 Å². The molecule has 0 aromatic heterocycles. The average Bonchev–Trinajstić information content (AvgIpc) is 2.58. The maximum atomic E-state index is 8.77. The summed E-state index contributed by atoms with van der Waals surface area (Å²) in [5.74, 6) is 0. The SMILES string of the molecule is C=C(NNC(=S)NCc1ccccc1)c1ccc(C#N)cc1. The van der Waals surface area contributed by atoms with Crippen molar-refractivity contribution in [3.05, 3.63) is 77.9 Å². The molecule has 2 aromatic rings. The van der Waals surface area contributed by atoms with Crippen molar-refractivity contribution in [2.75, 3.05) is 0 Å². The summed E-state index contributed by atoms with van der Waals surface area (Å²) < 4.78 is 0. The van der Waals surface area contributed by atoms with Crippen LogP contribution < -0.4 is 16.2 Å². The van der Waals surface area contributed by atoms with Crippen molar-refractivity contribution >= 4 is 23.0 Å². The van der Waals surface area contributed by atoms with Gasteiger partial charge >= 0.3 is 0 Å². The molecule has 0 bridgehead atoms. The summed E-state index contributed by atoms with van der Waals surface area (Å²) in [6, 6.07) is 19.2. The van der Waals surface area contributed by atoms with Gasteiger partial charge in [0.1, 0.15) is 0 Å². The second-order valence-electron chi connectivity index (χ2n) is 4.59. The van der Waals surface area contributed by atoms with E-state index in [1.807, 2.05) is 42.5 Å². The fourth-order valence-electron chi connectivity index (χ4n) is 1.77. The van der Waals surface area contributed by atoms with Crippen molar-refractivity contribution in [3.8, 4) is 6.07 Å². The van der Waals surface area contributed by atoms with E-state index in [2.05, 4.69) is 28.8 Å². The highest BCUT2D eigenvalue weighted by Gasteiger charge is 2.00. The van der Waals surface area contributed by atoms with E-state index in [-0.39, 0.29) is 0 Å². The minimum Gasteiger partial charge on any atom is -0.357 e. The number of hydrogen-bond acceptors (Lipinski definition) is 3. The van der Waals surface area contributed by atoms with Gasteiger partial charge in [-0.1, -0.05) is 49.0 Å². The maximum absolute atomic E-state index is 8.77. The highest BCUT2D eigenvalue weighted by molar-refractivity contribution is 7.80. The maximum Gasteiger partial charge on any atom is 0.185 e. The number of nitriles is 1. The zero-order valence-electron chi connectivity index (χ0n) is 12.0. The fourth-order valence-corrected chi connectivity index (χ4v) is 1.90. The van der Waals surface area contributed by atoms with Crippen LogP contribution in [-0.2, 0) is 6.54 Å². The Bertz CT molecular complexity index is 687. The lowest BCUT2D eigenvalue weighted by Crippen LogP contribution is -2.42. The highest BCUT2D eigenvalue weighted by atomic mass is 32.1. The Hall–Kier alpha value is -2.84. The molecule has 0 aliphatic carbocycles. The summed E-state index contributed by atoms with van der Waals surface area (Å²) in [5, 5.41) is 12.4. The molecule has 0 aliphatic heterocycles. The van der Waals surface area contributed by atoms with Crippen molar-refractivity contribution in [2.24, 2.45) is 0 Å². The van der Waals surface area contributed by atoms with Crippen LogP contribution in [0.25, 0.3) is 5.70 Å². The number of rotatable bonds is 5. The molecule has 110 valence electrons. The molecule has 3 N–H and O–H groups in total. The Morgan fingerprint density at radius 3 is 2.36 bits per heavy atom. The molecule has 4 nitrogen and oxygen atoms in total. The van der Waals surface area contributed by atoms with Gasteiger partial charge in [0.05, 0.1) is 17.3 Å². The predicted molar refractivity (Wildman–Crippen MR) is 92.3 cm³/mol. The van der Waals surface area contributed by atoms with Crippen molar-refractivity contribution in [1.29, 1.82) is 5.26 Å². The first kappa shape index (κ1) is 15.5. The number of nitrogens with zero attached hydrogens (tertiary/aromatic N) is 1. The Morgan fingerprint density at radius 1 is 1.05 bits per heavy atom. The summed E-state index contributed by atoms with van der Waals surface area (Å²) in [5.41, 5.74) is 9.15. The first-order valence-corrected chi connectivity index (χ1v) is 7.13. The molecular formula is C17H16N4S. The standard InChI is InChI=1S/C17H16N4S/c1-13(16-9-7-14(11-18)8-10-16)20-21-17(22)19-12-15-5-3-2-4-6-15/h2-10,20H,1,12H2,(H2,19,21,22). The zero-order chi connectivity index (χ0) is 15.8. The largest absolute Gasteiger partial charge is 0.357 e. The van der Waals surface area contributed by atoms with Crippen LogP contribution in [0.5, 0.6) is 0 Å². The van der Waals surface area contributed by atoms with Gasteiger partial charge in [0, 0.05) is 6.54 Å². The molecule has 0 heterocycles. The van der Waals surface area contributed by atoms with E-state index < -0.39 is 0 Å². The van der Waals surface area contributed by atoms with E-state index in [1.54, 1.807) is 12.1 Å². The lowest BCUT2D eigenvalue weighted by atomic mass is 10.1. The highest BCUT2D eigenvalue weighted by Crippen LogP contribution is 2.09. The van der Waals surface area contributed by atoms with E-state index in [1.165, 1.54) is 0 Å². The van der Waals surface area contributed by atoms with Gasteiger partial charge in [-0.15, -0.1) is 0 Å². The molecule has 0 amide bonds. The van der Waals surface area contributed by atoms with Crippen LogP contribution in [0.2, 0.25) is 0 Å². The number of thiocarbonyl (C=S) groups is 1. The smallest absolute Gasteiger partial charge is 0.185 e. The van der Waals surface area contributed by atoms with E-state index in [0.29, 0.717) is 22.9 Å². The van der Waals surface area contributed by atoms with Gasteiger partial charge in [0.2, 0.25) is 0 Å². The topological polar surface area (TPSA) is 59.9 Å². The summed E-state index contributed by atoms with van der Waals surface area (Å²) in [6.07, 6.45) is 0. The normalized spacial score (nSPS) is 9.41. The van der Waals surface area contributed by atoms with E-state index in [4.69, 9.17) is 17.5 Å². The van der Waals surface area contributed by atoms with Crippen LogP contribution >= 0.6 is 12.2 Å². The molecule has 0 aliphatic rings. The third kappa shape index (κ3) is 4.62. The van der Waals surface area contributed by atoms with Crippen LogP contribution in [0.1, 0.15) is 16.7 Å². The number of hydrogen-bond donors (Lipinski definition) is 3. The van der Waals surface area contributed by atoms with Crippen LogP contribution in [0.15, 0.2) is 61.2 Å². The van der Waals surface area contributed by atoms with Gasteiger partial charge in [-0.3, -0.25) is 10.9 Å². The van der Waals surface area contributed by atoms with Crippen LogP contribution in [0.4, 0.5) is 0 Å². The van der Waals surface area contributed by atoms with Gasteiger partial charge in [-0.25, -0.2) is 0 Å². The number of benzene rings is 2. The Morgan fingerprint density at radius 2 is 1.73 bits per heavy atom. The van der Waals surface area contributed by atoms with Crippen LogP contribution in [0.3, 0.4) is 0 Å². The van der Waals surface area contributed by atoms with Gasteiger partial charge in [-0.2, -0.15) is 5.26 Å². The average molecular weight is 308 g/mol. The molecule has 0 atom stereocenters. The molecule has 22 heavy (non-hydrogen) atoms. The molecule has 2 aromatic carbocycles. The Kier molecular flexibility index (Phi) is 5.52. The van der Waals surface area contributed by atoms with Gasteiger partial charge < -0.3 is 5.32 Å². The Balaban J connectivity index is 1.78. The zero-order valence-corrected chi connectivity index (χ0v) is 12.8. The second-order valence-corrected chi connectivity index (χ2v) is 4.99. The molecule has 2 rings (SSSR count). The molecule has 0 radical (unpaired) electrons. The number of hydrazine groups is 1. The van der Waals surface area contributed by atoms with Gasteiger partial charge in [0.15, 0.2) is 5.11 Å². The van der Waals surface area contributed by atoms with Crippen molar-refractivity contribution in [2.45, 2.75) is 6.54 Å². The lowest BCUT2D eigenvalue weighted by Gasteiger charge is -2.14. The van der Waals surface area contributed by atoms with Crippen LogP contribution in [-0.4, -0.2) is 5.11 Å². The molecule has 0 fully saturated rings. The number of nitrogens with one attached hydrogen (secondary N) is 3. The molecular weight excluding hydrogens is 292 g/mol. The predicted octanol–water partition coefficient (Wildman–Crippen LogP) is 2.70. The minimum atomic E-state index is 0.485. The summed E-state index contributed by atoms with van der Waals surface area (Å²) >= 11 is 5.19. The molecule has 0 saturated heterocycles. The van der Waals surface area contributed by atoms with E-state index in [0.717, 1.165) is 11.1 Å². The first-order valence-electron chi connectivity index (χ1n) is 6.72.